The molecule has 10 rings (SSSR count). The molecule has 0 aliphatic rings. The number of nitrogens with zero attached hydrogens (tertiary/aromatic N) is 3. The van der Waals surface area contributed by atoms with Crippen molar-refractivity contribution < 1.29 is 20.6 Å². The van der Waals surface area contributed by atoms with Crippen LogP contribution in [-0.2, 0) is 0 Å². The van der Waals surface area contributed by atoms with Crippen LogP contribution < -0.4 is 0 Å². The summed E-state index contributed by atoms with van der Waals surface area (Å²) in [6.07, 6.45) is 0. The number of benzene rings is 9. The summed E-state index contributed by atoms with van der Waals surface area (Å²) in [7, 11) is 0. The highest BCUT2D eigenvalue weighted by molar-refractivity contribution is 6.25. The van der Waals surface area contributed by atoms with E-state index in [-0.39, 0.29) is 50.0 Å². The molecule has 0 N–H and O–H groups in total. The van der Waals surface area contributed by atoms with E-state index in [2.05, 4.69) is 6.07 Å². The molecule has 10 aromatic rings. The number of fused-ring (bicyclic) bond motifs is 6. The molecule has 0 saturated heterocycles. The molecule has 0 aliphatic carbocycles. The van der Waals surface area contributed by atoms with E-state index in [1.807, 2.05) is 72.8 Å². The van der Waals surface area contributed by atoms with Crippen LogP contribution in [0.25, 0.3) is 99.9 Å². The maximum atomic E-state index is 9.76. The van der Waals surface area contributed by atoms with Gasteiger partial charge in [-0.05, 0) is 89.9 Å². The highest BCUT2D eigenvalue weighted by Gasteiger charge is 2.15. The molecule has 3 nitrogen and oxygen atoms in total. The smallest absolute Gasteiger partial charge is 0.164 e. The van der Waals surface area contributed by atoms with Gasteiger partial charge in [-0.3, -0.25) is 0 Å². The number of rotatable bonds is 6. The van der Waals surface area contributed by atoms with E-state index in [0.717, 1.165) is 22.3 Å². The van der Waals surface area contributed by atoms with E-state index in [0.29, 0.717) is 11.1 Å². The second kappa shape index (κ2) is 13.4. The highest BCUT2D eigenvalue weighted by atomic mass is 15.0. The quantitative estimate of drug-likeness (QED) is 0.162. The van der Waals surface area contributed by atoms with Crippen molar-refractivity contribution in [3.8, 4) is 67.5 Å². The Kier molecular flexibility index (Phi) is 4.85. The average Bonchev–Trinajstić information content (AvgIpc) is 3.37. The van der Waals surface area contributed by atoms with E-state index in [1.54, 1.807) is 30.3 Å². The second-order valence-electron chi connectivity index (χ2n) is 12.4. The molecule has 1 aromatic heterocycles. The standard InChI is InChI=1S/C51H33N3/c1-3-14-34(15-4-1)36-18-11-19-37(30-36)38-20-12-22-41(31-38)50-52-49(35-16-5-2-6-17-35)53-51(54-50)42-23-13-21-39(32-42)40-28-29-47-45-26-8-7-24-43(45)44-25-9-10-27-46(44)48(47)33-40/h1-33H/i7D,8D,9D,10D,13D,21D,23D,24D,25D,26D,27D,28D,29D,32D,33D. The summed E-state index contributed by atoms with van der Waals surface area (Å²) in [6, 6.07) is 23.8. The summed E-state index contributed by atoms with van der Waals surface area (Å²) in [6.45, 7) is 0. The molecule has 0 radical (unpaired) electrons. The third kappa shape index (κ3) is 5.78. The van der Waals surface area contributed by atoms with Gasteiger partial charge >= 0.3 is 0 Å². The highest BCUT2D eigenvalue weighted by Crippen LogP contribution is 2.38. The molecular formula is C51H33N3. The van der Waals surface area contributed by atoms with E-state index >= 15 is 0 Å². The first-order valence-electron chi connectivity index (χ1n) is 24.6. The maximum absolute atomic E-state index is 9.76. The molecule has 0 spiro atoms. The van der Waals surface area contributed by atoms with Gasteiger partial charge in [-0.1, -0.05) is 176 Å². The topological polar surface area (TPSA) is 38.7 Å². The number of aromatic nitrogens is 3. The van der Waals surface area contributed by atoms with Crippen molar-refractivity contribution >= 4 is 32.3 Å². The molecule has 9 aromatic carbocycles. The monoisotopic (exact) mass is 702 g/mol. The van der Waals surface area contributed by atoms with Crippen molar-refractivity contribution in [3.05, 3.63) is 200 Å². The summed E-state index contributed by atoms with van der Waals surface area (Å²) in [5.74, 6) is 0.0411. The third-order valence-electron chi connectivity index (χ3n) is 9.13. The van der Waals surface area contributed by atoms with Gasteiger partial charge in [0.1, 0.15) is 0 Å². The van der Waals surface area contributed by atoms with Gasteiger partial charge in [0.25, 0.3) is 0 Å². The lowest BCUT2D eigenvalue weighted by Gasteiger charge is -2.13. The van der Waals surface area contributed by atoms with Gasteiger partial charge in [-0.25, -0.2) is 15.0 Å². The molecule has 0 saturated carbocycles. The Labute approximate surface area is 335 Å². The largest absolute Gasteiger partial charge is 0.208 e. The second-order valence-corrected chi connectivity index (χ2v) is 12.4. The van der Waals surface area contributed by atoms with Crippen molar-refractivity contribution in [1.29, 1.82) is 0 Å². The van der Waals surface area contributed by atoms with E-state index in [4.69, 9.17) is 27.3 Å². The average molecular weight is 703 g/mol. The van der Waals surface area contributed by atoms with Gasteiger partial charge < -0.3 is 0 Å². The van der Waals surface area contributed by atoms with Gasteiger partial charge in [-0.2, -0.15) is 0 Å². The number of hydrogen-bond donors (Lipinski definition) is 0. The van der Waals surface area contributed by atoms with Crippen LogP contribution in [0.1, 0.15) is 20.6 Å². The molecule has 0 bridgehead atoms. The van der Waals surface area contributed by atoms with E-state index in [9.17, 15) is 8.22 Å². The first-order chi connectivity index (χ1) is 33.0. The first kappa shape index (κ1) is 19.6. The first-order valence-corrected chi connectivity index (χ1v) is 17.1. The fraction of sp³-hybridized carbons (Fsp3) is 0. The molecular weight excluding hydrogens is 655 g/mol. The van der Waals surface area contributed by atoms with Gasteiger partial charge in [0, 0.05) is 16.7 Å². The van der Waals surface area contributed by atoms with E-state index in [1.165, 1.54) is 0 Å². The van der Waals surface area contributed by atoms with Crippen LogP contribution in [0, 0.1) is 0 Å². The molecule has 0 atom stereocenters. The lowest BCUT2D eigenvalue weighted by molar-refractivity contribution is 1.07. The summed E-state index contributed by atoms with van der Waals surface area (Å²) < 4.78 is 136. The molecule has 1 heterocycles. The summed E-state index contributed by atoms with van der Waals surface area (Å²) >= 11 is 0. The minimum absolute atomic E-state index is 0.139. The van der Waals surface area contributed by atoms with Gasteiger partial charge in [0.2, 0.25) is 0 Å². The van der Waals surface area contributed by atoms with Crippen molar-refractivity contribution in [2.24, 2.45) is 0 Å². The van der Waals surface area contributed by atoms with Gasteiger partial charge in [-0.15, -0.1) is 0 Å². The van der Waals surface area contributed by atoms with Crippen LogP contribution in [0.15, 0.2) is 200 Å². The Bertz CT molecular complexity index is 3800. The molecule has 0 aliphatic heterocycles. The van der Waals surface area contributed by atoms with Crippen LogP contribution in [0.4, 0.5) is 0 Å². The predicted molar refractivity (Wildman–Crippen MR) is 225 cm³/mol. The lowest BCUT2D eigenvalue weighted by atomic mass is 9.92. The molecule has 0 unspecified atom stereocenters. The molecule has 0 amide bonds. The van der Waals surface area contributed by atoms with Crippen molar-refractivity contribution in [1.82, 2.24) is 15.0 Å². The SMILES string of the molecule is [2H]c1c([2H])c(-c2nc(-c3ccccc3)nc(-c3cccc(-c4cccc(-c5ccccc5)c4)c3)n2)c([2H])c(-c2c([2H])c([2H])c3c4c([2H])c([2H])c([2H])c([2H])c4c4c([2H])c([2H])c([2H])c([2H])c4c3c2[2H])c1[2H]. The minimum atomic E-state index is -0.777. The van der Waals surface area contributed by atoms with Gasteiger partial charge in [0.05, 0.1) is 20.6 Å². The molecule has 252 valence electrons. The maximum Gasteiger partial charge on any atom is 0.164 e. The summed E-state index contributed by atoms with van der Waals surface area (Å²) in [5, 5.41) is -2.19. The molecule has 3 heteroatoms. The normalized spacial score (nSPS) is 15.2. The molecule has 54 heavy (non-hydrogen) atoms. The Hall–Kier alpha value is -7.23. The van der Waals surface area contributed by atoms with Gasteiger partial charge in [0.15, 0.2) is 17.5 Å². The van der Waals surface area contributed by atoms with Crippen molar-refractivity contribution in [2.45, 2.75) is 0 Å². The zero-order chi connectivity index (χ0) is 48.9. The lowest BCUT2D eigenvalue weighted by Crippen LogP contribution is -2.00. The van der Waals surface area contributed by atoms with Crippen LogP contribution in [0.3, 0.4) is 0 Å². The Balaban J connectivity index is 1.25. The number of hydrogen-bond acceptors (Lipinski definition) is 3. The van der Waals surface area contributed by atoms with Crippen LogP contribution in [0.2, 0.25) is 0 Å². The van der Waals surface area contributed by atoms with Crippen LogP contribution in [-0.4, -0.2) is 15.0 Å². The summed E-state index contributed by atoms with van der Waals surface area (Å²) in [4.78, 5) is 14.3. The Morgan fingerprint density at radius 2 is 0.704 bits per heavy atom. The zero-order valence-electron chi connectivity index (χ0n) is 43.2. The summed E-state index contributed by atoms with van der Waals surface area (Å²) in [5.41, 5.74) is 3.42. The van der Waals surface area contributed by atoms with Crippen molar-refractivity contribution in [3.63, 3.8) is 0 Å². The third-order valence-corrected chi connectivity index (χ3v) is 9.13. The Morgan fingerprint density at radius 3 is 1.33 bits per heavy atom. The minimum Gasteiger partial charge on any atom is -0.208 e. The van der Waals surface area contributed by atoms with Crippen LogP contribution >= 0.6 is 0 Å². The van der Waals surface area contributed by atoms with E-state index < -0.39 is 107 Å². The van der Waals surface area contributed by atoms with Crippen LogP contribution in [0.5, 0.6) is 0 Å². The Morgan fingerprint density at radius 1 is 0.278 bits per heavy atom. The fourth-order valence-electron chi connectivity index (χ4n) is 6.54. The molecule has 0 fully saturated rings. The predicted octanol–water partition coefficient (Wildman–Crippen LogP) is 13.3. The van der Waals surface area contributed by atoms with Crippen molar-refractivity contribution in [2.75, 3.05) is 0 Å². The fourth-order valence-corrected chi connectivity index (χ4v) is 6.54. The zero-order valence-corrected chi connectivity index (χ0v) is 28.2.